The fourth-order valence-corrected chi connectivity index (χ4v) is 2.40. The lowest BCUT2D eigenvalue weighted by Gasteiger charge is -2.18. The molecular weight excluding hydrogens is 269 g/mol. The van der Waals surface area contributed by atoms with Gasteiger partial charge >= 0.3 is 0 Å². The second-order valence-corrected chi connectivity index (χ2v) is 5.04. The van der Waals surface area contributed by atoms with Crippen molar-refractivity contribution in [3.8, 4) is 11.4 Å². The molecule has 0 saturated carbocycles. The molecule has 100 valence electrons. The summed E-state index contributed by atoms with van der Waals surface area (Å²) in [4.78, 5) is 4.38. The highest BCUT2D eigenvalue weighted by molar-refractivity contribution is 6.31. The molecular formula is C13H13ClFN3O. The summed E-state index contributed by atoms with van der Waals surface area (Å²) in [5.41, 5.74) is 0.658. The van der Waals surface area contributed by atoms with E-state index in [1.54, 1.807) is 6.07 Å². The second-order valence-electron chi connectivity index (χ2n) is 4.63. The lowest BCUT2D eigenvalue weighted by Crippen LogP contribution is -2.28. The molecule has 4 nitrogen and oxygen atoms in total. The van der Waals surface area contributed by atoms with Gasteiger partial charge in [0.05, 0.1) is 10.9 Å². The van der Waals surface area contributed by atoms with Crippen molar-refractivity contribution in [2.24, 2.45) is 0 Å². The molecule has 2 heterocycles. The summed E-state index contributed by atoms with van der Waals surface area (Å²) in [6, 6.07) is 4.40. The fourth-order valence-electron chi connectivity index (χ4n) is 2.22. The van der Waals surface area contributed by atoms with E-state index in [4.69, 9.17) is 16.1 Å². The van der Waals surface area contributed by atoms with E-state index in [2.05, 4.69) is 15.5 Å². The SMILES string of the molecule is Fc1ccc(-c2noc(C3CCCNC3)n2)cc1Cl. The van der Waals surface area contributed by atoms with E-state index in [0.29, 0.717) is 17.3 Å². The zero-order valence-electron chi connectivity index (χ0n) is 10.2. The highest BCUT2D eigenvalue weighted by Gasteiger charge is 2.21. The van der Waals surface area contributed by atoms with Crippen molar-refractivity contribution in [3.05, 3.63) is 34.9 Å². The monoisotopic (exact) mass is 281 g/mol. The molecule has 1 saturated heterocycles. The average molecular weight is 282 g/mol. The Balaban J connectivity index is 1.85. The van der Waals surface area contributed by atoms with Crippen molar-refractivity contribution in [2.45, 2.75) is 18.8 Å². The first-order chi connectivity index (χ1) is 9.24. The number of hydrogen-bond donors (Lipinski definition) is 1. The topological polar surface area (TPSA) is 51.0 Å². The third kappa shape index (κ3) is 2.62. The molecule has 1 aliphatic rings. The molecule has 1 unspecified atom stereocenters. The molecule has 19 heavy (non-hydrogen) atoms. The Kier molecular flexibility index (Phi) is 3.48. The zero-order valence-corrected chi connectivity index (χ0v) is 11.0. The van der Waals surface area contributed by atoms with Crippen LogP contribution in [0.2, 0.25) is 5.02 Å². The molecule has 1 fully saturated rings. The van der Waals surface area contributed by atoms with Crippen molar-refractivity contribution in [1.29, 1.82) is 0 Å². The second kappa shape index (κ2) is 5.27. The maximum atomic E-state index is 13.1. The summed E-state index contributed by atoms with van der Waals surface area (Å²) < 4.78 is 18.4. The van der Waals surface area contributed by atoms with Crippen molar-refractivity contribution in [1.82, 2.24) is 15.5 Å². The molecule has 1 atom stereocenters. The van der Waals surface area contributed by atoms with Crippen molar-refractivity contribution < 1.29 is 8.91 Å². The van der Waals surface area contributed by atoms with Crippen LogP contribution in [0.25, 0.3) is 11.4 Å². The first-order valence-corrected chi connectivity index (χ1v) is 6.61. The Morgan fingerprint density at radius 2 is 2.32 bits per heavy atom. The van der Waals surface area contributed by atoms with Gasteiger partial charge in [-0.1, -0.05) is 16.8 Å². The molecule has 1 aromatic heterocycles. The number of benzene rings is 1. The fraction of sp³-hybridized carbons (Fsp3) is 0.385. The van der Waals surface area contributed by atoms with E-state index in [1.165, 1.54) is 12.1 Å². The van der Waals surface area contributed by atoms with Crippen molar-refractivity contribution in [2.75, 3.05) is 13.1 Å². The quantitative estimate of drug-likeness (QED) is 0.919. The largest absolute Gasteiger partial charge is 0.339 e. The normalized spacial score (nSPS) is 19.6. The maximum absolute atomic E-state index is 13.1. The predicted molar refractivity (Wildman–Crippen MR) is 69.5 cm³/mol. The number of rotatable bonds is 2. The van der Waals surface area contributed by atoms with Crippen LogP contribution in [0.3, 0.4) is 0 Å². The summed E-state index contributed by atoms with van der Waals surface area (Å²) in [7, 11) is 0. The van der Waals surface area contributed by atoms with E-state index >= 15 is 0 Å². The van der Waals surface area contributed by atoms with E-state index in [9.17, 15) is 4.39 Å². The number of piperidine rings is 1. The minimum absolute atomic E-state index is 0.0585. The van der Waals surface area contributed by atoms with E-state index in [1.807, 2.05) is 0 Å². The van der Waals surface area contributed by atoms with Crippen molar-refractivity contribution >= 4 is 11.6 Å². The van der Waals surface area contributed by atoms with Crippen LogP contribution >= 0.6 is 11.6 Å². The van der Waals surface area contributed by atoms with E-state index in [0.717, 1.165) is 25.9 Å². The van der Waals surface area contributed by atoms with Gasteiger partial charge < -0.3 is 9.84 Å². The summed E-state index contributed by atoms with van der Waals surface area (Å²) in [6.07, 6.45) is 2.14. The summed E-state index contributed by atoms with van der Waals surface area (Å²) in [5.74, 6) is 0.877. The number of nitrogens with one attached hydrogen (secondary N) is 1. The standard InChI is InChI=1S/C13H13ClFN3O/c14-10-6-8(3-4-11(10)15)12-17-13(19-18-12)9-2-1-5-16-7-9/h3-4,6,9,16H,1-2,5,7H2. The van der Waals surface area contributed by atoms with Gasteiger partial charge in [-0.3, -0.25) is 0 Å². The molecule has 0 bridgehead atoms. The van der Waals surface area contributed by atoms with Gasteiger partial charge in [0.15, 0.2) is 0 Å². The third-order valence-electron chi connectivity index (χ3n) is 3.27. The lowest BCUT2D eigenvalue weighted by molar-refractivity contribution is 0.322. The minimum Gasteiger partial charge on any atom is -0.339 e. The molecule has 0 aliphatic carbocycles. The van der Waals surface area contributed by atoms with Crippen LogP contribution in [0, 0.1) is 5.82 Å². The Morgan fingerprint density at radius 3 is 3.05 bits per heavy atom. The zero-order chi connectivity index (χ0) is 13.2. The number of aromatic nitrogens is 2. The molecule has 1 aliphatic heterocycles. The average Bonchev–Trinajstić information content (AvgIpc) is 2.93. The summed E-state index contributed by atoms with van der Waals surface area (Å²) in [6.45, 7) is 1.89. The highest BCUT2D eigenvalue weighted by atomic mass is 35.5. The van der Waals surface area contributed by atoms with Gasteiger partial charge in [-0.25, -0.2) is 4.39 Å². The Labute approximate surface area is 115 Å². The molecule has 0 amide bonds. The van der Waals surface area contributed by atoms with Gasteiger partial charge in [0, 0.05) is 12.1 Å². The number of hydrogen-bond acceptors (Lipinski definition) is 4. The van der Waals surface area contributed by atoms with Crippen LogP contribution in [-0.4, -0.2) is 23.2 Å². The van der Waals surface area contributed by atoms with Crippen LogP contribution < -0.4 is 5.32 Å². The molecule has 0 radical (unpaired) electrons. The van der Waals surface area contributed by atoms with Gasteiger partial charge in [0.2, 0.25) is 11.7 Å². The summed E-state index contributed by atoms with van der Waals surface area (Å²) in [5, 5.41) is 7.30. The number of nitrogens with zero attached hydrogens (tertiary/aromatic N) is 2. The van der Waals surface area contributed by atoms with Crippen LogP contribution in [0.15, 0.2) is 22.7 Å². The van der Waals surface area contributed by atoms with Gasteiger partial charge in [0.1, 0.15) is 5.82 Å². The lowest BCUT2D eigenvalue weighted by atomic mass is 10.00. The number of halogens is 2. The van der Waals surface area contributed by atoms with Crippen LogP contribution in [0.5, 0.6) is 0 Å². The first-order valence-electron chi connectivity index (χ1n) is 6.24. The molecule has 3 rings (SSSR count). The van der Waals surface area contributed by atoms with E-state index < -0.39 is 5.82 Å². The molecule has 1 N–H and O–H groups in total. The van der Waals surface area contributed by atoms with Crippen molar-refractivity contribution in [3.63, 3.8) is 0 Å². The van der Waals surface area contributed by atoms with Crippen LogP contribution in [0.4, 0.5) is 4.39 Å². The molecule has 0 spiro atoms. The van der Waals surface area contributed by atoms with Gasteiger partial charge in [-0.05, 0) is 37.6 Å². The Morgan fingerprint density at radius 1 is 1.42 bits per heavy atom. The van der Waals surface area contributed by atoms with E-state index in [-0.39, 0.29) is 10.9 Å². The van der Waals surface area contributed by atoms with Crippen LogP contribution in [0.1, 0.15) is 24.7 Å². The molecule has 2 aromatic rings. The van der Waals surface area contributed by atoms with Gasteiger partial charge in [0.25, 0.3) is 0 Å². The maximum Gasteiger partial charge on any atom is 0.231 e. The summed E-state index contributed by atoms with van der Waals surface area (Å²) >= 11 is 5.75. The Bertz CT molecular complexity index is 581. The molecule has 1 aromatic carbocycles. The minimum atomic E-state index is -0.453. The predicted octanol–water partition coefficient (Wildman–Crippen LogP) is 3.00. The smallest absolute Gasteiger partial charge is 0.231 e. The van der Waals surface area contributed by atoms with Gasteiger partial charge in [-0.15, -0.1) is 0 Å². The highest BCUT2D eigenvalue weighted by Crippen LogP contribution is 2.26. The third-order valence-corrected chi connectivity index (χ3v) is 3.56. The first kappa shape index (κ1) is 12.6. The van der Waals surface area contributed by atoms with Crippen LogP contribution in [-0.2, 0) is 0 Å². The Hall–Kier alpha value is -1.46. The molecule has 6 heteroatoms. The van der Waals surface area contributed by atoms with Gasteiger partial charge in [-0.2, -0.15) is 4.98 Å².